The highest BCUT2D eigenvalue weighted by Crippen LogP contribution is 2.34. The van der Waals surface area contributed by atoms with Gasteiger partial charge in [-0.05, 0) is 25.0 Å². The Morgan fingerprint density at radius 3 is 2.65 bits per heavy atom. The van der Waals surface area contributed by atoms with E-state index >= 15 is 0 Å². The van der Waals surface area contributed by atoms with Crippen molar-refractivity contribution in [1.29, 1.82) is 0 Å². The lowest BCUT2D eigenvalue weighted by molar-refractivity contribution is 0.0549. The number of hydrogen-bond acceptors (Lipinski definition) is 2. The van der Waals surface area contributed by atoms with Gasteiger partial charge in [0.15, 0.2) is 0 Å². The van der Waals surface area contributed by atoms with E-state index in [2.05, 4.69) is 46.9 Å². The summed E-state index contributed by atoms with van der Waals surface area (Å²) in [6.07, 6.45) is 2.10. The van der Waals surface area contributed by atoms with Crippen LogP contribution in [0.1, 0.15) is 41.6 Å². The molecule has 0 spiro atoms. The molecule has 5 nitrogen and oxygen atoms in total. The van der Waals surface area contributed by atoms with Crippen LogP contribution >= 0.6 is 0 Å². The second-order valence-corrected chi connectivity index (χ2v) is 7.25. The zero-order chi connectivity index (χ0) is 18.3. The molecule has 3 aromatic rings. The molecule has 2 aromatic heterocycles. The molecule has 0 aliphatic carbocycles. The van der Waals surface area contributed by atoms with Crippen LogP contribution in [0, 0.1) is 12.8 Å². The van der Waals surface area contributed by atoms with Crippen molar-refractivity contribution in [2.45, 2.75) is 33.4 Å². The van der Waals surface area contributed by atoms with E-state index in [1.807, 2.05) is 42.2 Å². The van der Waals surface area contributed by atoms with E-state index in [0.29, 0.717) is 18.2 Å². The summed E-state index contributed by atoms with van der Waals surface area (Å²) in [5.74, 6) is 0.369. The third-order valence-corrected chi connectivity index (χ3v) is 5.25. The van der Waals surface area contributed by atoms with Crippen molar-refractivity contribution < 1.29 is 4.79 Å². The second kappa shape index (κ2) is 6.48. The molecule has 134 valence electrons. The number of aromatic nitrogens is 3. The Morgan fingerprint density at radius 2 is 1.92 bits per heavy atom. The highest BCUT2D eigenvalue weighted by atomic mass is 16.2. The maximum Gasteiger partial charge on any atom is 0.272 e. The molecular formula is C21H24N4O. The number of benzene rings is 1. The molecule has 5 heteroatoms. The first kappa shape index (κ1) is 16.6. The lowest BCUT2D eigenvalue weighted by atomic mass is 9.96. The summed E-state index contributed by atoms with van der Waals surface area (Å²) in [7, 11) is 0. The minimum Gasteiger partial charge on any atom is -0.348 e. The number of H-pyrrole nitrogens is 1. The van der Waals surface area contributed by atoms with Crippen LogP contribution < -0.4 is 0 Å². The van der Waals surface area contributed by atoms with Crippen LogP contribution in [0.15, 0.2) is 48.7 Å². The third-order valence-electron chi connectivity index (χ3n) is 5.25. The number of aromatic amines is 1. The van der Waals surface area contributed by atoms with Gasteiger partial charge in [-0.3, -0.25) is 9.89 Å². The minimum atomic E-state index is 0.0309. The quantitative estimate of drug-likeness (QED) is 0.777. The Hall–Kier alpha value is -2.82. The van der Waals surface area contributed by atoms with Crippen LogP contribution in [0.25, 0.3) is 11.3 Å². The molecule has 1 aliphatic rings. The summed E-state index contributed by atoms with van der Waals surface area (Å²) in [4.78, 5) is 15.4. The lowest BCUT2D eigenvalue weighted by Gasteiger charge is -2.39. The fourth-order valence-electron chi connectivity index (χ4n) is 3.97. The summed E-state index contributed by atoms with van der Waals surface area (Å²) >= 11 is 0. The van der Waals surface area contributed by atoms with Crippen molar-refractivity contribution >= 4 is 5.91 Å². The van der Waals surface area contributed by atoms with Crippen LogP contribution in [0.2, 0.25) is 0 Å². The maximum absolute atomic E-state index is 13.4. The molecule has 0 unspecified atom stereocenters. The van der Waals surface area contributed by atoms with Crippen molar-refractivity contribution in [3.63, 3.8) is 0 Å². The minimum absolute atomic E-state index is 0.0309. The summed E-state index contributed by atoms with van der Waals surface area (Å²) in [5.41, 5.74) is 4.57. The second-order valence-electron chi connectivity index (χ2n) is 7.25. The lowest BCUT2D eigenvalue weighted by Crippen LogP contribution is -2.44. The zero-order valence-electron chi connectivity index (χ0n) is 15.4. The molecular weight excluding hydrogens is 324 g/mol. The van der Waals surface area contributed by atoms with Gasteiger partial charge < -0.3 is 9.47 Å². The summed E-state index contributed by atoms with van der Waals surface area (Å²) in [6.45, 7) is 7.85. The molecule has 1 aliphatic heterocycles. The maximum atomic E-state index is 13.4. The summed E-state index contributed by atoms with van der Waals surface area (Å²) in [6, 6.07) is 14.2. The van der Waals surface area contributed by atoms with E-state index in [1.54, 1.807) is 0 Å². The van der Waals surface area contributed by atoms with E-state index in [-0.39, 0.29) is 11.9 Å². The van der Waals surface area contributed by atoms with Gasteiger partial charge in [0.05, 0.1) is 11.7 Å². The largest absolute Gasteiger partial charge is 0.348 e. The Bertz CT molecular complexity index is 923. The Labute approximate surface area is 153 Å². The van der Waals surface area contributed by atoms with E-state index in [4.69, 9.17) is 0 Å². The number of fused-ring (bicyclic) bond motifs is 1. The van der Waals surface area contributed by atoms with Crippen LogP contribution in [0.4, 0.5) is 0 Å². The number of rotatable bonds is 3. The molecule has 1 amide bonds. The van der Waals surface area contributed by atoms with Gasteiger partial charge in [0, 0.05) is 36.1 Å². The molecule has 3 heterocycles. The molecule has 0 bridgehead atoms. The molecule has 26 heavy (non-hydrogen) atoms. The molecule has 0 fully saturated rings. The zero-order valence-corrected chi connectivity index (χ0v) is 15.4. The fourth-order valence-corrected chi connectivity index (χ4v) is 3.97. The number of hydrogen-bond donors (Lipinski definition) is 1. The van der Waals surface area contributed by atoms with Gasteiger partial charge in [-0.1, -0.05) is 44.2 Å². The van der Waals surface area contributed by atoms with E-state index in [9.17, 15) is 4.79 Å². The summed E-state index contributed by atoms with van der Waals surface area (Å²) < 4.78 is 2.25. The van der Waals surface area contributed by atoms with E-state index < -0.39 is 0 Å². The SMILES string of the molecule is Cc1c(-c2ccccc2)n[nH]c1C(=O)N1CCn2cccc2[C@H]1C(C)C. The van der Waals surface area contributed by atoms with Crippen molar-refractivity contribution in [3.05, 3.63) is 65.6 Å². The van der Waals surface area contributed by atoms with Crippen LogP contribution in [-0.2, 0) is 6.54 Å². The standard InChI is InChI=1S/C21H24N4O/c1-14(2)20-17-10-7-11-24(17)12-13-25(20)21(26)19-15(3)18(22-23-19)16-8-5-4-6-9-16/h4-11,14,20H,12-13H2,1-3H3,(H,22,23)/t20-/m1/s1. The van der Waals surface area contributed by atoms with Crippen LogP contribution in [0.5, 0.6) is 0 Å². The molecule has 0 saturated heterocycles. The van der Waals surface area contributed by atoms with Gasteiger partial charge in [0.25, 0.3) is 5.91 Å². The predicted octanol–water partition coefficient (Wildman–Crippen LogP) is 4.04. The molecule has 1 atom stereocenters. The Morgan fingerprint density at radius 1 is 1.15 bits per heavy atom. The molecule has 1 aromatic carbocycles. The number of carbonyl (C=O) groups excluding carboxylic acids is 1. The highest BCUT2D eigenvalue weighted by Gasteiger charge is 2.34. The first-order valence-corrected chi connectivity index (χ1v) is 9.14. The van der Waals surface area contributed by atoms with Crippen molar-refractivity contribution in [2.24, 2.45) is 5.92 Å². The molecule has 4 rings (SSSR count). The Kier molecular flexibility index (Phi) is 4.15. The van der Waals surface area contributed by atoms with Gasteiger partial charge in [-0.15, -0.1) is 0 Å². The van der Waals surface area contributed by atoms with E-state index in [0.717, 1.165) is 23.4 Å². The van der Waals surface area contributed by atoms with Crippen molar-refractivity contribution in [1.82, 2.24) is 19.7 Å². The fraction of sp³-hybridized carbons (Fsp3) is 0.333. The summed E-state index contributed by atoms with van der Waals surface area (Å²) in [5, 5.41) is 7.43. The number of nitrogens with zero attached hydrogens (tertiary/aromatic N) is 3. The van der Waals surface area contributed by atoms with Crippen molar-refractivity contribution in [3.8, 4) is 11.3 Å². The number of amides is 1. The molecule has 0 radical (unpaired) electrons. The normalized spacial score (nSPS) is 16.8. The highest BCUT2D eigenvalue weighted by molar-refractivity contribution is 5.95. The van der Waals surface area contributed by atoms with Gasteiger partial charge in [0.1, 0.15) is 5.69 Å². The van der Waals surface area contributed by atoms with Gasteiger partial charge in [0.2, 0.25) is 0 Å². The van der Waals surface area contributed by atoms with Gasteiger partial charge >= 0.3 is 0 Å². The number of nitrogens with one attached hydrogen (secondary N) is 1. The van der Waals surface area contributed by atoms with Crippen LogP contribution in [0.3, 0.4) is 0 Å². The van der Waals surface area contributed by atoms with Crippen molar-refractivity contribution in [2.75, 3.05) is 6.54 Å². The van der Waals surface area contributed by atoms with Gasteiger partial charge in [-0.2, -0.15) is 5.10 Å². The number of carbonyl (C=O) groups is 1. The van der Waals surface area contributed by atoms with Gasteiger partial charge in [-0.25, -0.2) is 0 Å². The smallest absolute Gasteiger partial charge is 0.272 e. The predicted molar refractivity (Wildman–Crippen MR) is 102 cm³/mol. The Balaban J connectivity index is 1.69. The van der Waals surface area contributed by atoms with E-state index in [1.165, 1.54) is 5.69 Å². The monoisotopic (exact) mass is 348 g/mol. The topological polar surface area (TPSA) is 53.9 Å². The first-order chi connectivity index (χ1) is 12.6. The third kappa shape index (κ3) is 2.64. The average Bonchev–Trinajstić information content (AvgIpc) is 3.27. The average molecular weight is 348 g/mol. The molecule has 1 N–H and O–H groups in total. The molecule has 0 saturated carbocycles. The van der Waals surface area contributed by atoms with Crippen LogP contribution in [-0.4, -0.2) is 32.1 Å². The first-order valence-electron chi connectivity index (χ1n) is 9.14.